The zero-order chi connectivity index (χ0) is 12.6. The van der Waals surface area contributed by atoms with Crippen molar-refractivity contribution in [2.24, 2.45) is 0 Å². The Kier molecular flexibility index (Phi) is 4.84. The fraction of sp³-hybridized carbons (Fsp3) is 0.308. The first-order valence-corrected chi connectivity index (χ1v) is 6.61. The van der Waals surface area contributed by atoms with Gasteiger partial charge in [0.1, 0.15) is 5.69 Å². The SMILES string of the molecule is CC=CCCCOc1nsnc1-c1cccnc1. The maximum atomic E-state index is 5.65. The predicted octanol–water partition coefficient (Wildman–Crippen LogP) is 3.34. The molecule has 2 aromatic rings. The summed E-state index contributed by atoms with van der Waals surface area (Å²) in [5.74, 6) is 0.605. The van der Waals surface area contributed by atoms with E-state index in [9.17, 15) is 0 Å². The summed E-state index contributed by atoms with van der Waals surface area (Å²) < 4.78 is 14.1. The van der Waals surface area contributed by atoms with Crippen molar-refractivity contribution in [3.05, 3.63) is 36.7 Å². The Bertz CT molecular complexity index is 496. The van der Waals surface area contributed by atoms with E-state index >= 15 is 0 Å². The van der Waals surface area contributed by atoms with Crippen LogP contribution in [0.4, 0.5) is 0 Å². The smallest absolute Gasteiger partial charge is 0.254 e. The number of nitrogens with zero attached hydrogens (tertiary/aromatic N) is 3. The van der Waals surface area contributed by atoms with Crippen molar-refractivity contribution in [3.8, 4) is 17.1 Å². The van der Waals surface area contributed by atoms with Gasteiger partial charge in [-0.25, -0.2) is 0 Å². The molecule has 0 aliphatic rings. The van der Waals surface area contributed by atoms with Crippen LogP contribution in [0.5, 0.6) is 5.88 Å². The van der Waals surface area contributed by atoms with Crippen molar-refractivity contribution in [1.82, 2.24) is 13.7 Å². The lowest BCUT2D eigenvalue weighted by molar-refractivity contribution is 0.304. The van der Waals surface area contributed by atoms with Crippen LogP contribution >= 0.6 is 11.7 Å². The van der Waals surface area contributed by atoms with Crippen LogP contribution in [0.25, 0.3) is 11.3 Å². The molecule has 2 aromatic heterocycles. The highest BCUT2D eigenvalue weighted by molar-refractivity contribution is 6.99. The second kappa shape index (κ2) is 6.86. The summed E-state index contributed by atoms with van der Waals surface area (Å²) in [6.45, 7) is 2.68. The number of hydrogen-bond donors (Lipinski definition) is 0. The van der Waals surface area contributed by atoms with Gasteiger partial charge in [-0.1, -0.05) is 12.2 Å². The molecule has 4 nitrogen and oxygen atoms in total. The molecule has 0 aliphatic carbocycles. The van der Waals surface area contributed by atoms with E-state index in [0.717, 1.165) is 35.8 Å². The molecule has 0 atom stereocenters. The van der Waals surface area contributed by atoms with Gasteiger partial charge in [0.2, 0.25) is 0 Å². The maximum absolute atomic E-state index is 5.65. The Balaban J connectivity index is 1.96. The molecule has 0 unspecified atom stereocenters. The van der Waals surface area contributed by atoms with Crippen molar-refractivity contribution in [2.45, 2.75) is 19.8 Å². The summed E-state index contributed by atoms with van der Waals surface area (Å²) in [5, 5.41) is 0. The van der Waals surface area contributed by atoms with E-state index in [1.807, 2.05) is 25.1 Å². The third kappa shape index (κ3) is 3.37. The Hall–Kier alpha value is -1.75. The first kappa shape index (κ1) is 12.7. The average Bonchev–Trinajstić information content (AvgIpc) is 2.88. The van der Waals surface area contributed by atoms with Crippen LogP contribution in [0.2, 0.25) is 0 Å². The second-order valence-electron chi connectivity index (χ2n) is 3.72. The maximum Gasteiger partial charge on any atom is 0.254 e. The molecular formula is C13H15N3OS. The third-order valence-electron chi connectivity index (χ3n) is 2.38. The second-order valence-corrected chi connectivity index (χ2v) is 4.25. The number of ether oxygens (including phenoxy) is 1. The summed E-state index contributed by atoms with van der Waals surface area (Å²) in [6.07, 6.45) is 9.69. The molecule has 2 heterocycles. The van der Waals surface area contributed by atoms with Gasteiger partial charge in [0.25, 0.3) is 5.88 Å². The quantitative estimate of drug-likeness (QED) is 0.591. The van der Waals surface area contributed by atoms with Crippen LogP contribution < -0.4 is 4.74 Å². The molecule has 2 rings (SSSR count). The molecule has 5 heteroatoms. The highest BCUT2D eigenvalue weighted by atomic mass is 32.1. The van der Waals surface area contributed by atoms with Crippen molar-refractivity contribution >= 4 is 11.7 Å². The van der Waals surface area contributed by atoms with Crippen molar-refractivity contribution in [2.75, 3.05) is 6.61 Å². The number of hydrogen-bond acceptors (Lipinski definition) is 5. The van der Waals surface area contributed by atoms with E-state index in [1.165, 1.54) is 0 Å². The fourth-order valence-corrected chi connectivity index (χ4v) is 2.01. The van der Waals surface area contributed by atoms with Crippen LogP contribution in [-0.2, 0) is 0 Å². The van der Waals surface area contributed by atoms with Crippen molar-refractivity contribution in [1.29, 1.82) is 0 Å². The molecule has 94 valence electrons. The van der Waals surface area contributed by atoms with Gasteiger partial charge >= 0.3 is 0 Å². The van der Waals surface area contributed by atoms with Crippen molar-refractivity contribution in [3.63, 3.8) is 0 Å². The molecule has 0 spiro atoms. The minimum absolute atomic E-state index is 0.605. The zero-order valence-electron chi connectivity index (χ0n) is 10.2. The van der Waals surface area contributed by atoms with Gasteiger partial charge in [0, 0.05) is 18.0 Å². The minimum atomic E-state index is 0.605. The Morgan fingerprint density at radius 3 is 3.11 bits per heavy atom. The number of allylic oxidation sites excluding steroid dienone is 2. The van der Waals surface area contributed by atoms with E-state index in [0.29, 0.717) is 12.5 Å². The molecule has 0 saturated heterocycles. The third-order valence-corrected chi connectivity index (χ3v) is 2.89. The molecule has 0 aromatic carbocycles. The predicted molar refractivity (Wildman–Crippen MR) is 72.7 cm³/mol. The zero-order valence-corrected chi connectivity index (χ0v) is 11.1. The Morgan fingerprint density at radius 2 is 2.33 bits per heavy atom. The highest BCUT2D eigenvalue weighted by Crippen LogP contribution is 2.26. The summed E-state index contributed by atoms with van der Waals surface area (Å²) in [5.41, 5.74) is 1.72. The number of rotatable bonds is 6. The normalized spacial score (nSPS) is 10.9. The fourth-order valence-electron chi connectivity index (χ4n) is 1.49. The van der Waals surface area contributed by atoms with Gasteiger partial charge in [-0.2, -0.15) is 4.37 Å². The first-order valence-electron chi connectivity index (χ1n) is 5.88. The van der Waals surface area contributed by atoms with Crippen LogP contribution in [-0.4, -0.2) is 20.3 Å². The number of unbranched alkanes of at least 4 members (excludes halogenated alkanes) is 1. The summed E-state index contributed by atoms with van der Waals surface area (Å²) in [7, 11) is 0. The van der Waals surface area contributed by atoms with Crippen LogP contribution in [0.3, 0.4) is 0 Å². The molecule has 0 fully saturated rings. The monoisotopic (exact) mass is 261 g/mol. The van der Waals surface area contributed by atoms with E-state index < -0.39 is 0 Å². The highest BCUT2D eigenvalue weighted by Gasteiger charge is 2.11. The van der Waals surface area contributed by atoms with Gasteiger partial charge in [-0.3, -0.25) is 4.98 Å². The van der Waals surface area contributed by atoms with E-state index in [4.69, 9.17) is 4.74 Å². The van der Waals surface area contributed by atoms with Crippen LogP contribution in [0.15, 0.2) is 36.7 Å². The average molecular weight is 261 g/mol. The van der Waals surface area contributed by atoms with Gasteiger partial charge in [-0.15, -0.1) is 4.37 Å². The minimum Gasteiger partial charge on any atom is -0.475 e. The lowest BCUT2D eigenvalue weighted by Gasteiger charge is -2.03. The van der Waals surface area contributed by atoms with E-state index in [2.05, 4.69) is 19.8 Å². The van der Waals surface area contributed by atoms with Crippen LogP contribution in [0.1, 0.15) is 19.8 Å². The van der Waals surface area contributed by atoms with Gasteiger partial charge in [0.15, 0.2) is 0 Å². The molecule has 0 radical (unpaired) electrons. The Labute approximate surface area is 111 Å². The van der Waals surface area contributed by atoms with Gasteiger partial charge in [0.05, 0.1) is 18.3 Å². The molecule has 0 amide bonds. The van der Waals surface area contributed by atoms with Gasteiger partial charge in [-0.05, 0) is 31.9 Å². The lowest BCUT2D eigenvalue weighted by Crippen LogP contribution is -1.98. The van der Waals surface area contributed by atoms with E-state index in [-0.39, 0.29) is 0 Å². The van der Waals surface area contributed by atoms with Gasteiger partial charge < -0.3 is 4.74 Å². The Morgan fingerprint density at radius 1 is 1.39 bits per heavy atom. The van der Waals surface area contributed by atoms with E-state index in [1.54, 1.807) is 12.4 Å². The number of aromatic nitrogens is 3. The first-order chi connectivity index (χ1) is 8.92. The lowest BCUT2D eigenvalue weighted by atomic mass is 10.2. The summed E-state index contributed by atoms with van der Waals surface area (Å²) in [4.78, 5) is 4.07. The molecule has 0 aliphatic heterocycles. The van der Waals surface area contributed by atoms with Crippen LogP contribution in [0, 0.1) is 0 Å². The number of pyridine rings is 1. The molecule has 0 bridgehead atoms. The summed E-state index contributed by atoms with van der Waals surface area (Å²) >= 11 is 1.16. The molecular weight excluding hydrogens is 246 g/mol. The standard InChI is InChI=1S/C13H15N3OS/c1-2-3-4-5-9-17-13-12(15-18-16-13)11-7-6-8-14-10-11/h2-3,6-8,10H,4-5,9H2,1H3. The molecule has 18 heavy (non-hydrogen) atoms. The largest absolute Gasteiger partial charge is 0.475 e. The molecule has 0 N–H and O–H groups in total. The van der Waals surface area contributed by atoms with Crippen molar-refractivity contribution < 1.29 is 4.74 Å². The topological polar surface area (TPSA) is 47.9 Å². The summed E-state index contributed by atoms with van der Waals surface area (Å²) in [6, 6.07) is 3.83. The molecule has 0 saturated carbocycles.